The molecule has 116 valence electrons. The van der Waals surface area contributed by atoms with Crippen LogP contribution in [-0.2, 0) is 11.2 Å². The van der Waals surface area contributed by atoms with Gasteiger partial charge in [0.25, 0.3) is 5.91 Å². The van der Waals surface area contributed by atoms with Gasteiger partial charge in [-0.1, -0.05) is 31.2 Å². The van der Waals surface area contributed by atoms with E-state index in [1.807, 2.05) is 37.3 Å². The molecule has 0 saturated carbocycles. The standard InChI is InChI=1S/C18H15BrN2O2/c1-2-13-5-3-4-6-16(13)21-18(23)14(11-20)9-12-7-8-17(22)15(19)10-12/h3-10,22H,2H2,1H3,(H,21,23)/b14-9+. The lowest BCUT2D eigenvalue weighted by atomic mass is 10.1. The first-order valence-corrected chi connectivity index (χ1v) is 7.84. The molecule has 0 spiro atoms. The third-order valence-electron chi connectivity index (χ3n) is 3.29. The van der Waals surface area contributed by atoms with E-state index in [9.17, 15) is 15.2 Å². The molecule has 0 saturated heterocycles. The maximum Gasteiger partial charge on any atom is 0.266 e. The number of nitrogens with one attached hydrogen (secondary N) is 1. The first kappa shape index (κ1) is 16.8. The molecule has 23 heavy (non-hydrogen) atoms. The van der Waals surface area contributed by atoms with Crippen molar-refractivity contribution in [2.45, 2.75) is 13.3 Å². The molecule has 0 aliphatic rings. The summed E-state index contributed by atoms with van der Waals surface area (Å²) in [7, 11) is 0. The summed E-state index contributed by atoms with van der Waals surface area (Å²) in [6.45, 7) is 2.00. The first-order valence-electron chi connectivity index (χ1n) is 7.04. The molecule has 0 radical (unpaired) electrons. The monoisotopic (exact) mass is 370 g/mol. The Hall–Kier alpha value is -2.58. The molecular formula is C18H15BrN2O2. The van der Waals surface area contributed by atoms with E-state index in [1.165, 1.54) is 12.1 Å². The molecule has 0 heterocycles. The molecule has 2 rings (SSSR count). The topological polar surface area (TPSA) is 73.1 Å². The van der Waals surface area contributed by atoms with Crippen molar-refractivity contribution in [2.75, 3.05) is 5.32 Å². The van der Waals surface area contributed by atoms with Crippen molar-refractivity contribution < 1.29 is 9.90 Å². The van der Waals surface area contributed by atoms with E-state index in [4.69, 9.17) is 0 Å². The maximum atomic E-state index is 12.3. The maximum absolute atomic E-state index is 12.3. The largest absolute Gasteiger partial charge is 0.507 e. The fourth-order valence-electron chi connectivity index (χ4n) is 2.07. The van der Waals surface area contributed by atoms with Gasteiger partial charge in [0.05, 0.1) is 4.47 Å². The molecule has 1 amide bonds. The minimum absolute atomic E-state index is 0.00602. The number of hydrogen-bond donors (Lipinski definition) is 2. The number of carbonyl (C=O) groups excluding carboxylic acids is 1. The molecular weight excluding hydrogens is 356 g/mol. The van der Waals surface area contributed by atoms with Crippen molar-refractivity contribution in [2.24, 2.45) is 0 Å². The number of anilines is 1. The van der Waals surface area contributed by atoms with Crippen LogP contribution < -0.4 is 5.32 Å². The average molecular weight is 371 g/mol. The Labute approximate surface area is 143 Å². The zero-order valence-corrected chi connectivity index (χ0v) is 14.1. The number of amides is 1. The summed E-state index contributed by atoms with van der Waals surface area (Å²) in [6, 6.07) is 14.2. The lowest BCUT2D eigenvalue weighted by molar-refractivity contribution is -0.112. The number of nitrogens with zero attached hydrogens (tertiary/aromatic N) is 1. The number of phenols is 1. The van der Waals surface area contributed by atoms with Crippen molar-refractivity contribution in [1.82, 2.24) is 0 Å². The minimum Gasteiger partial charge on any atom is -0.507 e. The Balaban J connectivity index is 2.26. The van der Waals surface area contributed by atoms with E-state index in [2.05, 4.69) is 21.2 Å². The van der Waals surface area contributed by atoms with Gasteiger partial charge in [-0.05, 0) is 57.8 Å². The number of benzene rings is 2. The van der Waals surface area contributed by atoms with Crippen molar-refractivity contribution in [3.05, 3.63) is 63.6 Å². The van der Waals surface area contributed by atoms with Gasteiger partial charge in [0.1, 0.15) is 17.4 Å². The fourth-order valence-corrected chi connectivity index (χ4v) is 2.46. The van der Waals surface area contributed by atoms with Gasteiger partial charge in [0, 0.05) is 5.69 Å². The second-order valence-corrected chi connectivity index (χ2v) is 5.70. The fraction of sp³-hybridized carbons (Fsp3) is 0.111. The number of phenolic OH excluding ortho intramolecular Hbond substituents is 1. The highest BCUT2D eigenvalue weighted by molar-refractivity contribution is 9.10. The summed E-state index contributed by atoms with van der Waals surface area (Å²) >= 11 is 3.20. The van der Waals surface area contributed by atoms with Crippen LogP contribution in [0, 0.1) is 11.3 Å². The zero-order chi connectivity index (χ0) is 16.8. The second-order valence-electron chi connectivity index (χ2n) is 4.85. The van der Waals surface area contributed by atoms with Crippen LogP contribution in [0.5, 0.6) is 5.75 Å². The van der Waals surface area contributed by atoms with E-state index in [-0.39, 0.29) is 11.3 Å². The number of para-hydroxylation sites is 1. The van der Waals surface area contributed by atoms with Crippen LogP contribution in [0.15, 0.2) is 52.5 Å². The average Bonchev–Trinajstić information content (AvgIpc) is 2.56. The van der Waals surface area contributed by atoms with E-state index >= 15 is 0 Å². The highest BCUT2D eigenvalue weighted by Crippen LogP contribution is 2.25. The highest BCUT2D eigenvalue weighted by atomic mass is 79.9. The van der Waals surface area contributed by atoms with Crippen LogP contribution in [0.25, 0.3) is 6.08 Å². The predicted octanol–water partition coefficient (Wildman–Crippen LogP) is 4.26. The Kier molecular flexibility index (Phi) is 5.56. The minimum atomic E-state index is -0.461. The summed E-state index contributed by atoms with van der Waals surface area (Å²) in [4.78, 5) is 12.3. The molecule has 2 aromatic carbocycles. The lowest BCUT2D eigenvalue weighted by Crippen LogP contribution is -2.14. The van der Waals surface area contributed by atoms with Crippen LogP contribution in [-0.4, -0.2) is 11.0 Å². The molecule has 0 aromatic heterocycles. The van der Waals surface area contributed by atoms with Crippen LogP contribution in [0.1, 0.15) is 18.1 Å². The van der Waals surface area contributed by atoms with E-state index in [0.29, 0.717) is 15.7 Å². The lowest BCUT2D eigenvalue weighted by Gasteiger charge is -2.09. The predicted molar refractivity (Wildman–Crippen MR) is 93.8 cm³/mol. The molecule has 0 unspecified atom stereocenters. The normalized spacial score (nSPS) is 10.9. The summed E-state index contributed by atoms with van der Waals surface area (Å²) in [6.07, 6.45) is 2.26. The Morgan fingerprint density at radius 1 is 1.35 bits per heavy atom. The van der Waals surface area contributed by atoms with Gasteiger partial charge >= 0.3 is 0 Å². The van der Waals surface area contributed by atoms with Gasteiger partial charge < -0.3 is 10.4 Å². The number of aryl methyl sites for hydroxylation is 1. The highest BCUT2D eigenvalue weighted by Gasteiger charge is 2.11. The number of halogens is 1. The summed E-state index contributed by atoms with van der Waals surface area (Å²) in [5.41, 5.74) is 2.34. The molecule has 0 aliphatic heterocycles. The van der Waals surface area contributed by atoms with Gasteiger partial charge in [0.2, 0.25) is 0 Å². The SMILES string of the molecule is CCc1ccccc1NC(=O)/C(C#N)=C/c1ccc(O)c(Br)c1. The number of rotatable bonds is 4. The molecule has 0 aliphatic carbocycles. The van der Waals surface area contributed by atoms with E-state index in [0.717, 1.165) is 12.0 Å². The molecule has 2 N–H and O–H groups in total. The molecule has 2 aromatic rings. The molecule has 0 bridgehead atoms. The summed E-state index contributed by atoms with van der Waals surface area (Å²) < 4.78 is 0.500. The van der Waals surface area contributed by atoms with Gasteiger partial charge in [0.15, 0.2) is 0 Å². The van der Waals surface area contributed by atoms with Crippen molar-refractivity contribution >= 4 is 33.6 Å². The van der Waals surface area contributed by atoms with Crippen LogP contribution in [0.2, 0.25) is 0 Å². The Morgan fingerprint density at radius 3 is 2.74 bits per heavy atom. The second kappa shape index (κ2) is 7.61. The van der Waals surface area contributed by atoms with Crippen molar-refractivity contribution in [3.63, 3.8) is 0 Å². The van der Waals surface area contributed by atoms with Crippen LogP contribution in [0.4, 0.5) is 5.69 Å². The summed E-state index contributed by atoms with van der Waals surface area (Å²) in [5, 5.41) is 21.5. The number of nitriles is 1. The third kappa shape index (κ3) is 4.21. The summed E-state index contributed by atoms with van der Waals surface area (Å²) in [5.74, 6) is -0.362. The van der Waals surface area contributed by atoms with Gasteiger partial charge in [-0.25, -0.2) is 0 Å². The molecule has 0 atom stereocenters. The van der Waals surface area contributed by atoms with Crippen LogP contribution >= 0.6 is 15.9 Å². The van der Waals surface area contributed by atoms with E-state index in [1.54, 1.807) is 12.1 Å². The smallest absolute Gasteiger partial charge is 0.266 e. The molecule has 5 heteroatoms. The third-order valence-corrected chi connectivity index (χ3v) is 3.93. The van der Waals surface area contributed by atoms with Crippen molar-refractivity contribution in [3.8, 4) is 11.8 Å². The van der Waals surface area contributed by atoms with Crippen LogP contribution in [0.3, 0.4) is 0 Å². The number of aromatic hydroxyl groups is 1. The Bertz CT molecular complexity index is 807. The van der Waals surface area contributed by atoms with E-state index < -0.39 is 5.91 Å². The van der Waals surface area contributed by atoms with Crippen molar-refractivity contribution in [1.29, 1.82) is 5.26 Å². The number of carbonyl (C=O) groups is 1. The van der Waals surface area contributed by atoms with Gasteiger partial charge in [-0.2, -0.15) is 5.26 Å². The number of hydrogen-bond acceptors (Lipinski definition) is 3. The first-order chi connectivity index (χ1) is 11.0. The quantitative estimate of drug-likeness (QED) is 0.623. The molecule has 0 fully saturated rings. The molecule has 4 nitrogen and oxygen atoms in total. The zero-order valence-electron chi connectivity index (χ0n) is 12.5. The van der Waals surface area contributed by atoms with Gasteiger partial charge in [-0.3, -0.25) is 4.79 Å². The Morgan fingerprint density at radius 2 is 2.09 bits per heavy atom. The van der Waals surface area contributed by atoms with Gasteiger partial charge in [-0.15, -0.1) is 0 Å².